The number of ether oxygens (including phenoxy) is 1. The summed E-state index contributed by atoms with van der Waals surface area (Å²) in [6.45, 7) is 2.98. The van der Waals surface area contributed by atoms with Crippen LogP contribution in [0.2, 0.25) is 0 Å². The number of hydrogen-bond donors (Lipinski definition) is 2. The highest BCUT2D eigenvalue weighted by Gasteiger charge is 2.14. The SMILES string of the molecule is COCCn1cc(Nc2nc(C(=O)O)c(C)s2)cn1. The number of nitrogens with one attached hydrogen (secondary N) is 1. The van der Waals surface area contributed by atoms with Gasteiger partial charge in [-0.3, -0.25) is 4.68 Å². The highest BCUT2D eigenvalue weighted by Crippen LogP contribution is 2.25. The molecule has 0 radical (unpaired) electrons. The van der Waals surface area contributed by atoms with Crippen LogP contribution in [-0.2, 0) is 11.3 Å². The Morgan fingerprint density at radius 3 is 3.05 bits per heavy atom. The molecule has 2 rings (SSSR count). The largest absolute Gasteiger partial charge is 0.476 e. The van der Waals surface area contributed by atoms with Crippen LogP contribution in [0, 0.1) is 6.92 Å². The van der Waals surface area contributed by atoms with Crippen LogP contribution in [0.4, 0.5) is 10.8 Å². The standard InChI is InChI=1S/C11H14N4O3S/c1-7-9(10(16)17)14-11(19-7)13-8-5-12-15(6-8)3-4-18-2/h5-6H,3-4H2,1-2H3,(H,13,14)(H,16,17). The molecule has 0 spiro atoms. The van der Waals surface area contributed by atoms with Crippen LogP contribution in [0.25, 0.3) is 0 Å². The first-order valence-corrected chi connectivity index (χ1v) is 6.41. The molecule has 0 aliphatic carbocycles. The highest BCUT2D eigenvalue weighted by atomic mass is 32.1. The van der Waals surface area contributed by atoms with Crippen molar-refractivity contribution < 1.29 is 14.6 Å². The fraction of sp³-hybridized carbons (Fsp3) is 0.364. The molecule has 0 atom stereocenters. The zero-order valence-electron chi connectivity index (χ0n) is 10.6. The molecule has 8 heteroatoms. The second-order valence-electron chi connectivity index (χ2n) is 3.84. The van der Waals surface area contributed by atoms with Crippen molar-refractivity contribution in [2.24, 2.45) is 0 Å². The summed E-state index contributed by atoms with van der Waals surface area (Å²) in [6, 6.07) is 0. The summed E-state index contributed by atoms with van der Waals surface area (Å²) in [5.74, 6) is -1.02. The number of thiazole rings is 1. The van der Waals surface area contributed by atoms with E-state index in [0.717, 1.165) is 5.69 Å². The molecule has 0 aliphatic rings. The summed E-state index contributed by atoms with van der Waals surface area (Å²) in [7, 11) is 1.63. The van der Waals surface area contributed by atoms with Gasteiger partial charge in [0.15, 0.2) is 10.8 Å². The predicted octanol–water partition coefficient (Wildman–Crippen LogP) is 1.74. The molecule has 0 bridgehead atoms. The summed E-state index contributed by atoms with van der Waals surface area (Å²) in [4.78, 5) is 15.6. The van der Waals surface area contributed by atoms with Gasteiger partial charge in [-0.25, -0.2) is 9.78 Å². The number of hydrogen-bond acceptors (Lipinski definition) is 6. The summed E-state index contributed by atoms with van der Waals surface area (Å²) in [5.41, 5.74) is 0.848. The van der Waals surface area contributed by atoms with Crippen molar-refractivity contribution in [1.82, 2.24) is 14.8 Å². The maximum absolute atomic E-state index is 10.9. The monoisotopic (exact) mass is 282 g/mol. The maximum Gasteiger partial charge on any atom is 0.355 e. The van der Waals surface area contributed by atoms with Gasteiger partial charge in [-0.2, -0.15) is 5.10 Å². The quantitative estimate of drug-likeness (QED) is 0.838. The molecule has 0 aromatic carbocycles. The Labute approximate surface area is 113 Å². The minimum Gasteiger partial charge on any atom is -0.476 e. The fourth-order valence-corrected chi connectivity index (χ4v) is 2.33. The number of carboxylic acid groups (broad SMARTS) is 1. The van der Waals surface area contributed by atoms with E-state index in [2.05, 4.69) is 15.4 Å². The van der Waals surface area contributed by atoms with Gasteiger partial charge in [-0.15, -0.1) is 11.3 Å². The Hall–Kier alpha value is -1.93. The number of carbonyl (C=O) groups is 1. The Morgan fingerprint density at radius 1 is 1.63 bits per heavy atom. The van der Waals surface area contributed by atoms with Crippen molar-refractivity contribution in [3.63, 3.8) is 0 Å². The number of carboxylic acids is 1. The van der Waals surface area contributed by atoms with Gasteiger partial charge in [0, 0.05) is 18.2 Å². The number of rotatable bonds is 6. The van der Waals surface area contributed by atoms with Crippen LogP contribution in [0.3, 0.4) is 0 Å². The maximum atomic E-state index is 10.9. The molecule has 2 heterocycles. The van der Waals surface area contributed by atoms with Crippen molar-refractivity contribution in [3.8, 4) is 0 Å². The Bertz CT molecular complexity index is 578. The van der Waals surface area contributed by atoms with E-state index in [-0.39, 0.29) is 5.69 Å². The number of aromatic carboxylic acids is 1. The molecular weight excluding hydrogens is 268 g/mol. The van der Waals surface area contributed by atoms with Gasteiger partial charge in [0.1, 0.15) is 0 Å². The molecule has 0 saturated heterocycles. The number of methoxy groups -OCH3 is 1. The lowest BCUT2D eigenvalue weighted by molar-refractivity contribution is 0.0690. The van der Waals surface area contributed by atoms with Crippen molar-refractivity contribution in [2.45, 2.75) is 13.5 Å². The molecule has 0 aliphatic heterocycles. The average molecular weight is 282 g/mol. The van der Waals surface area contributed by atoms with Crippen molar-refractivity contribution >= 4 is 28.1 Å². The Morgan fingerprint density at radius 2 is 2.42 bits per heavy atom. The predicted molar refractivity (Wildman–Crippen MR) is 71.2 cm³/mol. The normalized spacial score (nSPS) is 10.6. The third-order valence-electron chi connectivity index (χ3n) is 2.41. The second kappa shape index (κ2) is 5.81. The molecule has 2 N–H and O–H groups in total. The van der Waals surface area contributed by atoms with E-state index in [1.807, 2.05) is 6.20 Å². The van der Waals surface area contributed by atoms with Gasteiger partial charge in [-0.1, -0.05) is 0 Å². The molecule has 2 aromatic heterocycles. The molecule has 0 unspecified atom stereocenters. The van der Waals surface area contributed by atoms with Gasteiger partial charge in [0.2, 0.25) is 0 Å². The van der Waals surface area contributed by atoms with Crippen LogP contribution < -0.4 is 5.32 Å². The summed E-state index contributed by atoms with van der Waals surface area (Å²) in [5, 5.41) is 16.7. The van der Waals surface area contributed by atoms with E-state index in [9.17, 15) is 4.79 Å². The number of aromatic nitrogens is 3. The van der Waals surface area contributed by atoms with Crippen LogP contribution in [0.15, 0.2) is 12.4 Å². The summed E-state index contributed by atoms with van der Waals surface area (Å²) >= 11 is 1.30. The smallest absolute Gasteiger partial charge is 0.355 e. The average Bonchev–Trinajstić information content (AvgIpc) is 2.94. The van der Waals surface area contributed by atoms with Crippen LogP contribution in [0.1, 0.15) is 15.4 Å². The first kappa shape index (κ1) is 13.5. The molecule has 2 aromatic rings. The lowest BCUT2D eigenvalue weighted by Crippen LogP contribution is -2.03. The third kappa shape index (κ3) is 3.30. The van der Waals surface area contributed by atoms with E-state index >= 15 is 0 Å². The van der Waals surface area contributed by atoms with Crippen molar-refractivity contribution in [2.75, 3.05) is 19.0 Å². The topological polar surface area (TPSA) is 89.3 Å². The molecule has 0 amide bonds. The molecule has 7 nitrogen and oxygen atoms in total. The van der Waals surface area contributed by atoms with Gasteiger partial charge < -0.3 is 15.2 Å². The highest BCUT2D eigenvalue weighted by molar-refractivity contribution is 7.15. The first-order valence-electron chi connectivity index (χ1n) is 5.59. The van der Waals surface area contributed by atoms with E-state index in [0.29, 0.717) is 23.2 Å². The van der Waals surface area contributed by atoms with E-state index in [1.54, 1.807) is 24.9 Å². The zero-order valence-corrected chi connectivity index (χ0v) is 11.4. The summed E-state index contributed by atoms with van der Waals surface area (Å²) < 4.78 is 6.70. The van der Waals surface area contributed by atoms with E-state index < -0.39 is 5.97 Å². The lowest BCUT2D eigenvalue weighted by Gasteiger charge is -1.99. The van der Waals surface area contributed by atoms with Crippen LogP contribution in [0.5, 0.6) is 0 Å². The summed E-state index contributed by atoms with van der Waals surface area (Å²) in [6.07, 6.45) is 3.48. The van der Waals surface area contributed by atoms with Gasteiger partial charge in [-0.05, 0) is 6.92 Å². The number of nitrogens with zero attached hydrogens (tertiary/aromatic N) is 3. The van der Waals surface area contributed by atoms with Crippen LogP contribution in [-0.4, -0.2) is 39.6 Å². The van der Waals surface area contributed by atoms with Gasteiger partial charge in [0.25, 0.3) is 0 Å². The molecule has 0 saturated carbocycles. The zero-order chi connectivity index (χ0) is 13.8. The van der Waals surface area contributed by atoms with Gasteiger partial charge in [0.05, 0.1) is 25.0 Å². The molecular formula is C11H14N4O3S. The van der Waals surface area contributed by atoms with Crippen molar-refractivity contribution in [3.05, 3.63) is 23.0 Å². The Balaban J connectivity index is 2.06. The second-order valence-corrected chi connectivity index (χ2v) is 5.04. The lowest BCUT2D eigenvalue weighted by atomic mass is 10.4. The Kier molecular flexibility index (Phi) is 4.13. The first-order chi connectivity index (χ1) is 9.10. The fourth-order valence-electron chi connectivity index (χ4n) is 1.51. The minimum atomic E-state index is -1.02. The molecule has 102 valence electrons. The van der Waals surface area contributed by atoms with Crippen LogP contribution >= 0.6 is 11.3 Å². The van der Waals surface area contributed by atoms with Crippen molar-refractivity contribution in [1.29, 1.82) is 0 Å². The van der Waals surface area contributed by atoms with E-state index in [4.69, 9.17) is 9.84 Å². The van der Waals surface area contributed by atoms with E-state index in [1.165, 1.54) is 11.3 Å². The minimum absolute atomic E-state index is 0.0827. The third-order valence-corrected chi connectivity index (χ3v) is 3.29. The number of aryl methyl sites for hydroxylation is 1. The molecule has 19 heavy (non-hydrogen) atoms. The van der Waals surface area contributed by atoms with Gasteiger partial charge >= 0.3 is 5.97 Å². The molecule has 0 fully saturated rings. The number of anilines is 2.